The highest BCUT2D eigenvalue weighted by atomic mass is 35.5. The maximum Gasteiger partial charge on any atom is 0.0412 e. The van der Waals surface area contributed by atoms with Gasteiger partial charge in [-0.15, -0.1) is 0 Å². The van der Waals surface area contributed by atoms with Crippen LogP contribution in [0.4, 0.5) is 0 Å². The van der Waals surface area contributed by atoms with Gasteiger partial charge in [0.2, 0.25) is 0 Å². The molecule has 0 fully saturated rings. The van der Waals surface area contributed by atoms with Crippen molar-refractivity contribution in [3.8, 4) is 11.1 Å². The molecule has 0 aliphatic carbocycles. The first-order chi connectivity index (χ1) is 20.2. The van der Waals surface area contributed by atoms with E-state index in [1.54, 1.807) is 0 Å². The van der Waals surface area contributed by atoms with Crippen LogP contribution in [0.1, 0.15) is 16.7 Å². The molecule has 0 aliphatic rings. The molecule has 0 aliphatic heterocycles. The minimum Gasteiger partial charge on any atom is -0.0843 e. The zero-order valence-corrected chi connectivity index (χ0v) is 24.7. The van der Waals surface area contributed by atoms with Crippen LogP contribution in [0.2, 0.25) is 10.0 Å². The molecular formula is C38H27Cl2P. The fraction of sp³-hybridized carbons (Fsp3) is 0. The van der Waals surface area contributed by atoms with E-state index in [2.05, 4.69) is 127 Å². The lowest BCUT2D eigenvalue weighted by atomic mass is 9.89. The lowest BCUT2D eigenvalue weighted by Crippen LogP contribution is -2.22. The molecule has 0 spiro atoms. The average Bonchev–Trinajstić information content (AvgIpc) is 3.01. The van der Waals surface area contributed by atoms with Crippen molar-refractivity contribution in [2.24, 2.45) is 0 Å². The first-order valence-electron chi connectivity index (χ1n) is 13.5. The lowest BCUT2D eigenvalue weighted by Gasteiger charge is -2.24. The predicted octanol–water partition coefficient (Wildman–Crippen LogP) is 10.0. The molecular weight excluding hydrogens is 558 g/mol. The monoisotopic (exact) mass is 584 g/mol. The molecule has 0 unspecified atom stereocenters. The number of rotatable bonds is 7. The van der Waals surface area contributed by atoms with Gasteiger partial charge in [0.15, 0.2) is 0 Å². The number of benzene rings is 6. The summed E-state index contributed by atoms with van der Waals surface area (Å²) in [5.74, 6) is 0. The van der Waals surface area contributed by atoms with Crippen LogP contribution in [0.5, 0.6) is 0 Å². The molecule has 0 atom stereocenters. The second kappa shape index (κ2) is 12.7. The Hall–Kier alpha value is -3.93. The van der Waals surface area contributed by atoms with Gasteiger partial charge in [0.25, 0.3) is 0 Å². The van der Waals surface area contributed by atoms with E-state index in [1.165, 1.54) is 27.0 Å². The second-order valence-corrected chi connectivity index (χ2v) is 12.8. The summed E-state index contributed by atoms with van der Waals surface area (Å²) in [4.78, 5) is 0. The molecule has 6 aromatic rings. The van der Waals surface area contributed by atoms with Crippen molar-refractivity contribution >= 4 is 58.7 Å². The van der Waals surface area contributed by atoms with E-state index in [-0.39, 0.29) is 0 Å². The van der Waals surface area contributed by atoms with Gasteiger partial charge in [-0.05, 0) is 87.6 Å². The van der Waals surface area contributed by atoms with E-state index < -0.39 is 7.92 Å². The third kappa shape index (κ3) is 6.22. The summed E-state index contributed by atoms with van der Waals surface area (Å²) in [5.41, 5.74) is 6.71. The maximum atomic E-state index is 6.52. The highest BCUT2D eigenvalue weighted by molar-refractivity contribution is 7.80. The summed E-state index contributed by atoms with van der Waals surface area (Å²) >= 11 is 12.9. The van der Waals surface area contributed by atoms with Crippen molar-refractivity contribution in [3.63, 3.8) is 0 Å². The van der Waals surface area contributed by atoms with E-state index in [9.17, 15) is 0 Å². The zero-order valence-electron chi connectivity index (χ0n) is 22.3. The molecule has 0 saturated carbocycles. The molecule has 0 amide bonds. The number of hydrogen-bond acceptors (Lipinski definition) is 0. The fourth-order valence-corrected chi connectivity index (χ4v) is 8.02. The van der Waals surface area contributed by atoms with Crippen molar-refractivity contribution in [2.75, 3.05) is 0 Å². The molecule has 0 bridgehead atoms. The van der Waals surface area contributed by atoms with Crippen molar-refractivity contribution < 1.29 is 0 Å². The largest absolute Gasteiger partial charge is 0.0843 e. The topological polar surface area (TPSA) is 0 Å². The molecule has 0 heterocycles. The van der Waals surface area contributed by atoms with Crippen LogP contribution >= 0.6 is 31.1 Å². The summed E-state index contributed by atoms with van der Waals surface area (Å²) in [5, 5.41) is 5.38. The van der Waals surface area contributed by atoms with Crippen LogP contribution in [0.25, 0.3) is 22.8 Å². The van der Waals surface area contributed by atoms with Gasteiger partial charge in [-0.2, -0.15) is 0 Å². The van der Waals surface area contributed by atoms with Gasteiger partial charge in [-0.1, -0.05) is 157 Å². The van der Waals surface area contributed by atoms with E-state index in [0.717, 1.165) is 22.3 Å². The van der Waals surface area contributed by atoms with Crippen LogP contribution in [-0.4, -0.2) is 0 Å². The van der Waals surface area contributed by atoms with Crippen molar-refractivity contribution in [2.45, 2.75) is 0 Å². The normalized spacial score (nSPS) is 11.5. The molecule has 41 heavy (non-hydrogen) atoms. The van der Waals surface area contributed by atoms with Gasteiger partial charge in [-0.25, -0.2) is 0 Å². The third-order valence-corrected chi connectivity index (χ3v) is 9.95. The van der Waals surface area contributed by atoms with Crippen LogP contribution in [0.15, 0.2) is 158 Å². The summed E-state index contributed by atoms with van der Waals surface area (Å²) in [6.07, 6.45) is 2.20. The summed E-state index contributed by atoms with van der Waals surface area (Å²) in [6, 6.07) is 55.2. The first kappa shape index (κ1) is 27.3. The van der Waals surface area contributed by atoms with Crippen molar-refractivity contribution in [1.82, 2.24) is 0 Å². The predicted molar refractivity (Wildman–Crippen MR) is 180 cm³/mol. The quantitative estimate of drug-likeness (QED) is 0.129. The molecule has 3 heteroatoms. The van der Waals surface area contributed by atoms with Crippen molar-refractivity contribution in [1.29, 1.82) is 0 Å². The molecule has 6 rings (SSSR count). The van der Waals surface area contributed by atoms with Crippen LogP contribution < -0.4 is 15.9 Å². The summed E-state index contributed by atoms with van der Waals surface area (Å²) in [6.45, 7) is 0. The molecule has 0 aromatic heterocycles. The lowest BCUT2D eigenvalue weighted by molar-refractivity contribution is 1.54. The zero-order chi connectivity index (χ0) is 28.0. The SMILES string of the molecule is Clc1cccc(/C=C(\c2cccc(Cl)c2)c2ccccc2-c2ccccc2P(c2ccccc2)c2ccccc2)c1. The van der Waals surface area contributed by atoms with Gasteiger partial charge in [-0.3, -0.25) is 0 Å². The van der Waals surface area contributed by atoms with Gasteiger partial charge in [0.05, 0.1) is 0 Å². The average molecular weight is 586 g/mol. The van der Waals surface area contributed by atoms with Gasteiger partial charge < -0.3 is 0 Å². The molecule has 6 aromatic carbocycles. The smallest absolute Gasteiger partial charge is 0.0412 e. The van der Waals surface area contributed by atoms with Crippen LogP contribution in [0, 0.1) is 0 Å². The van der Waals surface area contributed by atoms with Gasteiger partial charge in [0.1, 0.15) is 0 Å². The Morgan fingerprint density at radius 1 is 0.488 bits per heavy atom. The molecule has 198 valence electrons. The Morgan fingerprint density at radius 3 is 1.71 bits per heavy atom. The second-order valence-electron chi connectivity index (χ2n) is 9.69. The Bertz CT molecular complexity index is 1770. The van der Waals surface area contributed by atoms with E-state index in [1.807, 2.05) is 36.4 Å². The minimum absolute atomic E-state index is 0.703. The summed E-state index contributed by atoms with van der Waals surface area (Å²) in [7, 11) is -0.792. The highest BCUT2D eigenvalue weighted by Gasteiger charge is 2.22. The van der Waals surface area contributed by atoms with E-state index in [4.69, 9.17) is 23.2 Å². The Balaban J connectivity index is 1.59. The van der Waals surface area contributed by atoms with Gasteiger partial charge >= 0.3 is 0 Å². The van der Waals surface area contributed by atoms with E-state index >= 15 is 0 Å². The molecule has 0 nitrogen and oxygen atoms in total. The number of hydrogen-bond donors (Lipinski definition) is 0. The summed E-state index contributed by atoms with van der Waals surface area (Å²) < 4.78 is 0. The molecule has 0 N–H and O–H groups in total. The van der Waals surface area contributed by atoms with E-state index in [0.29, 0.717) is 10.0 Å². The minimum atomic E-state index is -0.792. The molecule has 0 radical (unpaired) electrons. The fourth-order valence-electron chi connectivity index (χ4n) is 5.17. The van der Waals surface area contributed by atoms with Crippen LogP contribution in [-0.2, 0) is 0 Å². The first-order valence-corrected chi connectivity index (χ1v) is 15.6. The maximum absolute atomic E-state index is 6.52. The standard InChI is InChI=1S/C38H27Cl2P/c39-30-15-11-13-28(25-30)26-37(29-14-12-16-31(40)27-29)35-22-8-7-21-34(35)36-23-9-10-24-38(36)41(32-17-3-1-4-18-32)33-19-5-2-6-20-33/h1-27H/b37-26+. The van der Waals surface area contributed by atoms with Crippen LogP contribution in [0.3, 0.4) is 0 Å². The Kier molecular flexibility index (Phi) is 8.45. The Morgan fingerprint density at radius 2 is 1.05 bits per heavy atom. The Labute approximate surface area is 253 Å². The molecule has 0 saturated heterocycles. The highest BCUT2D eigenvalue weighted by Crippen LogP contribution is 2.40. The van der Waals surface area contributed by atoms with Gasteiger partial charge in [0, 0.05) is 10.0 Å². The number of halogens is 2. The van der Waals surface area contributed by atoms with Crippen molar-refractivity contribution in [3.05, 3.63) is 184 Å². The third-order valence-electron chi connectivity index (χ3n) is 6.98.